The number of carbonyl (C=O) groups excluding carboxylic acids is 2. The molecule has 0 bridgehead atoms. The van der Waals surface area contributed by atoms with Gasteiger partial charge in [-0.3, -0.25) is 9.59 Å². The summed E-state index contributed by atoms with van der Waals surface area (Å²) in [5.41, 5.74) is 2.00. The standard InChI is InChI=1S/C24H17Cl3N2O2/c25-15-6-4-13(5-7-15)22-24(18-9-8-17(27)11-20(18)28-23(24)31)19(12-21(30)29-22)14-2-1-3-16(26)10-14/h1-11,19,22H,12H2,(H,28,31)(H,29,30). The highest BCUT2D eigenvalue weighted by Gasteiger charge is 2.61. The number of amides is 2. The topological polar surface area (TPSA) is 58.2 Å². The SMILES string of the molecule is O=C1CC(c2cccc(Cl)c2)C2(C(=O)Nc3cc(Cl)ccc32)C(c2ccc(Cl)cc2)N1. The molecule has 3 unspecified atom stereocenters. The molecule has 3 atom stereocenters. The van der Waals surface area contributed by atoms with Crippen LogP contribution in [-0.4, -0.2) is 11.8 Å². The molecule has 3 aromatic rings. The Morgan fingerprint density at radius 3 is 2.26 bits per heavy atom. The minimum Gasteiger partial charge on any atom is -0.348 e. The zero-order chi connectivity index (χ0) is 21.8. The summed E-state index contributed by atoms with van der Waals surface area (Å²) in [5, 5.41) is 7.74. The lowest BCUT2D eigenvalue weighted by Crippen LogP contribution is -2.56. The van der Waals surface area contributed by atoms with E-state index < -0.39 is 17.4 Å². The van der Waals surface area contributed by atoms with Crippen molar-refractivity contribution in [2.24, 2.45) is 0 Å². The number of fused-ring (bicyclic) bond motifs is 2. The number of carbonyl (C=O) groups is 2. The summed E-state index contributed by atoms with van der Waals surface area (Å²) in [7, 11) is 0. The Hall–Kier alpha value is -2.53. The summed E-state index contributed by atoms with van der Waals surface area (Å²) in [6.45, 7) is 0. The normalized spacial score (nSPS) is 24.6. The van der Waals surface area contributed by atoms with Crippen LogP contribution < -0.4 is 10.6 Å². The molecule has 2 amide bonds. The lowest BCUT2D eigenvalue weighted by molar-refractivity contribution is -0.131. The van der Waals surface area contributed by atoms with E-state index in [9.17, 15) is 9.59 Å². The molecule has 2 N–H and O–H groups in total. The van der Waals surface area contributed by atoms with E-state index in [-0.39, 0.29) is 18.2 Å². The number of nitrogens with one attached hydrogen (secondary N) is 2. The first-order valence-electron chi connectivity index (χ1n) is 9.81. The van der Waals surface area contributed by atoms with Crippen molar-refractivity contribution in [3.8, 4) is 0 Å². The molecule has 7 heteroatoms. The van der Waals surface area contributed by atoms with Crippen molar-refractivity contribution in [3.63, 3.8) is 0 Å². The Morgan fingerprint density at radius 2 is 1.52 bits per heavy atom. The Morgan fingerprint density at radius 1 is 0.806 bits per heavy atom. The van der Waals surface area contributed by atoms with Gasteiger partial charge in [0.2, 0.25) is 11.8 Å². The van der Waals surface area contributed by atoms with Crippen LogP contribution in [0, 0.1) is 0 Å². The number of anilines is 1. The fourth-order valence-electron chi connectivity index (χ4n) is 4.95. The maximum absolute atomic E-state index is 13.8. The molecule has 2 heterocycles. The van der Waals surface area contributed by atoms with Gasteiger partial charge in [0.25, 0.3) is 0 Å². The summed E-state index contributed by atoms with van der Waals surface area (Å²) in [4.78, 5) is 26.7. The maximum atomic E-state index is 13.8. The van der Waals surface area contributed by atoms with Crippen LogP contribution in [0.15, 0.2) is 66.7 Å². The van der Waals surface area contributed by atoms with Crippen molar-refractivity contribution in [3.05, 3.63) is 98.5 Å². The third-order valence-corrected chi connectivity index (χ3v) is 6.93. The number of halogens is 3. The Labute approximate surface area is 194 Å². The van der Waals surface area contributed by atoms with Gasteiger partial charge in [-0.15, -0.1) is 0 Å². The van der Waals surface area contributed by atoms with Gasteiger partial charge in [0.1, 0.15) is 5.41 Å². The van der Waals surface area contributed by atoms with Crippen LogP contribution in [-0.2, 0) is 15.0 Å². The molecule has 0 aliphatic carbocycles. The van der Waals surface area contributed by atoms with E-state index in [1.54, 1.807) is 30.3 Å². The molecule has 0 radical (unpaired) electrons. The van der Waals surface area contributed by atoms with Gasteiger partial charge >= 0.3 is 0 Å². The lowest BCUT2D eigenvalue weighted by atomic mass is 9.59. The van der Waals surface area contributed by atoms with Crippen molar-refractivity contribution in [2.45, 2.75) is 23.8 Å². The summed E-state index contributed by atoms with van der Waals surface area (Å²) in [6, 6.07) is 19.3. The van der Waals surface area contributed by atoms with Gasteiger partial charge in [-0.05, 0) is 53.1 Å². The van der Waals surface area contributed by atoms with Crippen LogP contribution in [0.3, 0.4) is 0 Å². The number of piperidine rings is 1. The average molecular weight is 472 g/mol. The molecule has 0 saturated carbocycles. The highest BCUT2D eigenvalue weighted by molar-refractivity contribution is 6.31. The summed E-state index contributed by atoms with van der Waals surface area (Å²) in [5.74, 6) is -0.747. The second kappa shape index (κ2) is 7.56. The minimum absolute atomic E-state index is 0.134. The van der Waals surface area contributed by atoms with E-state index in [0.29, 0.717) is 20.8 Å². The first-order chi connectivity index (χ1) is 14.9. The van der Waals surface area contributed by atoms with Gasteiger partial charge in [0.15, 0.2) is 0 Å². The summed E-state index contributed by atoms with van der Waals surface area (Å²) >= 11 is 18.6. The number of benzene rings is 3. The number of hydrogen-bond donors (Lipinski definition) is 2. The largest absolute Gasteiger partial charge is 0.348 e. The molecule has 31 heavy (non-hydrogen) atoms. The van der Waals surface area contributed by atoms with Gasteiger partial charge < -0.3 is 10.6 Å². The van der Waals surface area contributed by atoms with Gasteiger partial charge in [0.05, 0.1) is 6.04 Å². The van der Waals surface area contributed by atoms with Gasteiger partial charge in [-0.25, -0.2) is 0 Å². The molecule has 2 aliphatic heterocycles. The third kappa shape index (κ3) is 3.21. The van der Waals surface area contributed by atoms with Gasteiger partial charge in [-0.1, -0.05) is 65.1 Å². The summed E-state index contributed by atoms with van der Waals surface area (Å²) in [6.07, 6.45) is 0.153. The molecule has 4 nitrogen and oxygen atoms in total. The molecule has 156 valence electrons. The van der Waals surface area contributed by atoms with Crippen molar-refractivity contribution in [2.75, 3.05) is 5.32 Å². The average Bonchev–Trinajstić information content (AvgIpc) is 3.01. The van der Waals surface area contributed by atoms with Crippen molar-refractivity contribution < 1.29 is 9.59 Å². The van der Waals surface area contributed by atoms with Gasteiger partial charge in [0, 0.05) is 33.1 Å². The fraction of sp³-hybridized carbons (Fsp3) is 0.167. The second-order valence-corrected chi connectivity index (χ2v) is 9.19. The highest BCUT2D eigenvalue weighted by atomic mass is 35.5. The first-order valence-corrected chi connectivity index (χ1v) is 10.9. The zero-order valence-electron chi connectivity index (χ0n) is 16.2. The van der Waals surface area contributed by atoms with Crippen molar-refractivity contribution in [1.82, 2.24) is 5.32 Å². The Balaban J connectivity index is 1.80. The smallest absolute Gasteiger partial charge is 0.238 e. The Bertz CT molecular complexity index is 1210. The zero-order valence-corrected chi connectivity index (χ0v) is 18.4. The predicted molar refractivity (Wildman–Crippen MR) is 123 cm³/mol. The molecule has 1 spiro atoms. The van der Waals surface area contributed by atoms with E-state index >= 15 is 0 Å². The maximum Gasteiger partial charge on any atom is 0.238 e. The van der Waals surface area contributed by atoms with Crippen LogP contribution in [0.4, 0.5) is 5.69 Å². The van der Waals surface area contributed by atoms with E-state index in [0.717, 1.165) is 16.7 Å². The van der Waals surface area contributed by atoms with Gasteiger partial charge in [-0.2, -0.15) is 0 Å². The van der Waals surface area contributed by atoms with E-state index in [4.69, 9.17) is 34.8 Å². The van der Waals surface area contributed by atoms with Crippen LogP contribution >= 0.6 is 34.8 Å². The molecular formula is C24H17Cl3N2O2. The van der Waals surface area contributed by atoms with Crippen molar-refractivity contribution in [1.29, 1.82) is 0 Å². The highest BCUT2D eigenvalue weighted by Crippen LogP contribution is 2.57. The molecule has 2 aliphatic rings. The lowest BCUT2D eigenvalue weighted by Gasteiger charge is -2.46. The Kier molecular flexibility index (Phi) is 4.97. The molecule has 1 saturated heterocycles. The van der Waals surface area contributed by atoms with E-state index in [1.807, 2.05) is 36.4 Å². The quantitative estimate of drug-likeness (QED) is 0.490. The van der Waals surface area contributed by atoms with E-state index in [1.165, 1.54) is 0 Å². The van der Waals surface area contributed by atoms with Crippen LogP contribution in [0.5, 0.6) is 0 Å². The number of hydrogen-bond acceptors (Lipinski definition) is 2. The first kappa shape index (κ1) is 20.4. The molecule has 3 aromatic carbocycles. The molecule has 1 fully saturated rings. The van der Waals surface area contributed by atoms with E-state index in [2.05, 4.69) is 10.6 Å². The van der Waals surface area contributed by atoms with Crippen LogP contribution in [0.1, 0.15) is 35.1 Å². The minimum atomic E-state index is -1.08. The second-order valence-electron chi connectivity index (χ2n) is 7.88. The molecular weight excluding hydrogens is 455 g/mol. The van der Waals surface area contributed by atoms with Crippen LogP contribution in [0.2, 0.25) is 15.1 Å². The molecule has 5 rings (SSSR count). The number of rotatable bonds is 2. The predicted octanol–water partition coefficient (Wildman–Crippen LogP) is 5.88. The third-order valence-electron chi connectivity index (χ3n) is 6.21. The monoisotopic (exact) mass is 470 g/mol. The summed E-state index contributed by atoms with van der Waals surface area (Å²) < 4.78 is 0. The fourth-order valence-corrected chi connectivity index (χ4v) is 5.44. The van der Waals surface area contributed by atoms with Crippen molar-refractivity contribution >= 4 is 52.3 Å². The molecule has 0 aromatic heterocycles. The van der Waals surface area contributed by atoms with Crippen LogP contribution in [0.25, 0.3) is 0 Å².